The van der Waals surface area contributed by atoms with Gasteiger partial charge in [0.25, 0.3) is 5.91 Å². The highest BCUT2D eigenvalue weighted by molar-refractivity contribution is 5.99. The van der Waals surface area contributed by atoms with Gasteiger partial charge in [-0.25, -0.2) is 0 Å². The van der Waals surface area contributed by atoms with Gasteiger partial charge in [-0.2, -0.15) is 0 Å². The molecule has 0 atom stereocenters. The summed E-state index contributed by atoms with van der Waals surface area (Å²) in [5, 5.41) is 2.79. The lowest BCUT2D eigenvalue weighted by molar-refractivity contribution is -0.116. The molecule has 0 aliphatic heterocycles. The molecule has 26 heavy (non-hydrogen) atoms. The van der Waals surface area contributed by atoms with Crippen LogP contribution in [0.3, 0.4) is 0 Å². The number of likely N-dealkylation sites (N-methyl/N-ethyl adjacent to an activating group) is 1. The quantitative estimate of drug-likeness (QED) is 0.824. The van der Waals surface area contributed by atoms with Gasteiger partial charge in [0.2, 0.25) is 5.91 Å². The number of rotatable bonds is 7. The molecule has 2 rings (SSSR count). The fourth-order valence-corrected chi connectivity index (χ4v) is 2.33. The SMILES string of the molecule is Cc1ccc(NC(=O)CN(C)C(=O)c2cccc(OCC(C)C)c2)cc1. The Bertz CT molecular complexity index is 754. The zero-order chi connectivity index (χ0) is 19.1. The van der Waals surface area contributed by atoms with Gasteiger partial charge < -0.3 is 15.0 Å². The first-order chi connectivity index (χ1) is 12.3. The van der Waals surface area contributed by atoms with E-state index in [0.717, 1.165) is 5.56 Å². The molecule has 0 radical (unpaired) electrons. The second-order valence-corrected chi connectivity index (χ2v) is 6.81. The van der Waals surface area contributed by atoms with Crippen molar-refractivity contribution in [3.8, 4) is 5.75 Å². The van der Waals surface area contributed by atoms with Crippen molar-refractivity contribution in [2.24, 2.45) is 5.92 Å². The Morgan fingerprint density at radius 1 is 1.12 bits per heavy atom. The van der Waals surface area contributed by atoms with E-state index in [1.54, 1.807) is 25.2 Å². The average Bonchev–Trinajstić information content (AvgIpc) is 2.61. The van der Waals surface area contributed by atoms with Crippen LogP contribution >= 0.6 is 0 Å². The van der Waals surface area contributed by atoms with Crippen LogP contribution in [-0.2, 0) is 4.79 Å². The summed E-state index contributed by atoms with van der Waals surface area (Å²) >= 11 is 0. The average molecular weight is 354 g/mol. The van der Waals surface area contributed by atoms with Crippen LogP contribution in [0.1, 0.15) is 29.8 Å². The van der Waals surface area contributed by atoms with Crippen molar-refractivity contribution < 1.29 is 14.3 Å². The monoisotopic (exact) mass is 354 g/mol. The zero-order valence-electron chi connectivity index (χ0n) is 15.8. The summed E-state index contributed by atoms with van der Waals surface area (Å²) in [6.45, 7) is 6.68. The van der Waals surface area contributed by atoms with Gasteiger partial charge in [-0.3, -0.25) is 9.59 Å². The second kappa shape index (κ2) is 9.04. The number of amides is 2. The third-order valence-electron chi connectivity index (χ3n) is 3.73. The number of carbonyl (C=O) groups excluding carboxylic acids is 2. The van der Waals surface area contributed by atoms with Crippen LogP contribution in [0.5, 0.6) is 5.75 Å². The predicted octanol–water partition coefficient (Wildman–Crippen LogP) is 3.74. The molecular weight excluding hydrogens is 328 g/mol. The van der Waals surface area contributed by atoms with Crippen LogP contribution in [0.2, 0.25) is 0 Å². The lowest BCUT2D eigenvalue weighted by Gasteiger charge is -2.17. The molecule has 5 nitrogen and oxygen atoms in total. The van der Waals surface area contributed by atoms with Crippen LogP contribution in [-0.4, -0.2) is 36.9 Å². The molecular formula is C21H26N2O3. The molecule has 2 aromatic rings. The summed E-state index contributed by atoms with van der Waals surface area (Å²) in [5.41, 5.74) is 2.33. The standard InChI is InChI=1S/C21H26N2O3/c1-15(2)14-26-19-7-5-6-17(12-19)21(25)23(4)13-20(24)22-18-10-8-16(3)9-11-18/h5-12,15H,13-14H2,1-4H3,(H,22,24). The number of benzene rings is 2. The van der Waals surface area contributed by atoms with Crippen LogP contribution in [0.4, 0.5) is 5.69 Å². The maximum Gasteiger partial charge on any atom is 0.254 e. The van der Waals surface area contributed by atoms with Crippen molar-refractivity contribution in [2.75, 3.05) is 25.5 Å². The second-order valence-electron chi connectivity index (χ2n) is 6.81. The van der Waals surface area contributed by atoms with E-state index in [2.05, 4.69) is 19.2 Å². The third kappa shape index (κ3) is 5.92. The Morgan fingerprint density at radius 2 is 1.81 bits per heavy atom. The normalized spacial score (nSPS) is 10.5. The van der Waals surface area contributed by atoms with E-state index in [1.165, 1.54) is 4.90 Å². The fourth-order valence-electron chi connectivity index (χ4n) is 2.33. The van der Waals surface area contributed by atoms with Gasteiger partial charge in [-0.15, -0.1) is 0 Å². The Labute approximate surface area is 155 Å². The number of hydrogen-bond acceptors (Lipinski definition) is 3. The number of aryl methyl sites for hydroxylation is 1. The molecule has 0 aliphatic rings. The molecule has 0 aromatic heterocycles. The van der Waals surface area contributed by atoms with E-state index in [0.29, 0.717) is 29.5 Å². The first-order valence-electron chi connectivity index (χ1n) is 8.70. The van der Waals surface area contributed by atoms with Gasteiger partial charge in [0.1, 0.15) is 5.75 Å². The molecule has 0 spiro atoms. The van der Waals surface area contributed by atoms with Gasteiger partial charge in [0.05, 0.1) is 13.2 Å². The van der Waals surface area contributed by atoms with Gasteiger partial charge in [-0.1, -0.05) is 37.6 Å². The first-order valence-corrected chi connectivity index (χ1v) is 8.70. The van der Waals surface area contributed by atoms with Gasteiger partial charge >= 0.3 is 0 Å². The smallest absolute Gasteiger partial charge is 0.254 e. The largest absolute Gasteiger partial charge is 0.493 e. The molecule has 0 saturated carbocycles. The van der Waals surface area contributed by atoms with E-state index in [9.17, 15) is 9.59 Å². The predicted molar refractivity (Wildman–Crippen MR) is 104 cm³/mol. The number of nitrogens with zero attached hydrogens (tertiary/aromatic N) is 1. The molecule has 138 valence electrons. The molecule has 1 N–H and O–H groups in total. The van der Waals surface area contributed by atoms with Gasteiger partial charge in [0, 0.05) is 18.3 Å². The van der Waals surface area contributed by atoms with E-state index < -0.39 is 0 Å². The van der Waals surface area contributed by atoms with Crippen molar-refractivity contribution in [1.29, 1.82) is 0 Å². The summed E-state index contributed by atoms with van der Waals surface area (Å²) < 4.78 is 5.66. The lowest BCUT2D eigenvalue weighted by Crippen LogP contribution is -2.34. The first kappa shape index (κ1) is 19.5. The molecule has 5 heteroatoms. The Balaban J connectivity index is 1.94. The van der Waals surface area contributed by atoms with Crippen LogP contribution in [0.15, 0.2) is 48.5 Å². The van der Waals surface area contributed by atoms with Crippen molar-refractivity contribution >= 4 is 17.5 Å². The molecule has 0 bridgehead atoms. The minimum atomic E-state index is -0.239. The van der Waals surface area contributed by atoms with Crippen LogP contribution < -0.4 is 10.1 Å². The number of hydrogen-bond donors (Lipinski definition) is 1. The highest BCUT2D eigenvalue weighted by atomic mass is 16.5. The zero-order valence-corrected chi connectivity index (χ0v) is 15.8. The summed E-state index contributed by atoms with van der Waals surface area (Å²) in [5.74, 6) is 0.598. The molecule has 2 aromatic carbocycles. The molecule has 0 fully saturated rings. The fraction of sp³-hybridized carbons (Fsp3) is 0.333. The summed E-state index contributed by atoms with van der Waals surface area (Å²) in [6, 6.07) is 14.6. The number of anilines is 1. The molecule has 0 heterocycles. The maximum atomic E-state index is 12.6. The minimum absolute atomic E-state index is 0.0240. The number of carbonyl (C=O) groups is 2. The Hall–Kier alpha value is -2.82. The molecule has 2 amide bonds. The topological polar surface area (TPSA) is 58.6 Å². The summed E-state index contributed by atoms with van der Waals surface area (Å²) in [4.78, 5) is 26.1. The number of ether oxygens (including phenoxy) is 1. The molecule has 0 aliphatic carbocycles. The van der Waals surface area contributed by atoms with Crippen LogP contribution in [0, 0.1) is 12.8 Å². The van der Waals surface area contributed by atoms with Crippen molar-refractivity contribution in [2.45, 2.75) is 20.8 Å². The van der Waals surface area contributed by atoms with E-state index in [1.807, 2.05) is 37.3 Å². The van der Waals surface area contributed by atoms with Gasteiger partial charge in [-0.05, 0) is 43.2 Å². The third-order valence-corrected chi connectivity index (χ3v) is 3.73. The van der Waals surface area contributed by atoms with E-state index in [-0.39, 0.29) is 18.4 Å². The minimum Gasteiger partial charge on any atom is -0.493 e. The summed E-state index contributed by atoms with van der Waals surface area (Å²) in [6.07, 6.45) is 0. The van der Waals surface area contributed by atoms with Crippen molar-refractivity contribution in [1.82, 2.24) is 4.90 Å². The lowest BCUT2D eigenvalue weighted by atomic mass is 10.2. The van der Waals surface area contributed by atoms with Crippen molar-refractivity contribution in [3.05, 3.63) is 59.7 Å². The van der Waals surface area contributed by atoms with Crippen LogP contribution in [0.25, 0.3) is 0 Å². The molecule has 0 unspecified atom stereocenters. The highest BCUT2D eigenvalue weighted by Gasteiger charge is 2.16. The maximum absolute atomic E-state index is 12.6. The Kier molecular flexibility index (Phi) is 6.78. The molecule has 0 saturated heterocycles. The van der Waals surface area contributed by atoms with E-state index in [4.69, 9.17) is 4.74 Å². The highest BCUT2D eigenvalue weighted by Crippen LogP contribution is 2.16. The van der Waals surface area contributed by atoms with E-state index >= 15 is 0 Å². The summed E-state index contributed by atoms with van der Waals surface area (Å²) in [7, 11) is 1.61. The van der Waals surface area contributed by atoms with Gasteiger partial charge in [0.15, 0.2) is 0 Å². The Morgan fingerprint density at radius 3 is 2.46 bits per heavy atom. The van der Waals surface area contributed by atoms with Crippen molar-refractivity contribution in [3.63, 3.8) is 0 Å². The number of nitrogens with one attached hydrogen (secondary N) is 1.